The zero-order valence-electron chi connectivity index (χ0n) is 11.0. The largest absolute Gasteiger partial charge is 0.364 e. The molecule has 92 valence electrons. The van der Waals surface area contributed by atoms with Crippen LogP contribution >= 0.6 is 0 Å². The molecule has 1 heterocycles. The van der Waals surface area contributed by atoms with Crippen molar-refractivity contribution >= 4 is 5.69 Å². The first kappa shape index (κ1) is 11.3. The predicted octanol–water partition coefficient (Wildman–Crippen LogP) is 4.37. The van der Waals surface area contributed by atoms with Gasteiger partial charge >= 0.3 is 0 Å². The highest BCUT2D eigenvalue weighted by atomic mass is 15.2. The van der Waals surface area contributed by atoms with Crippen molar-refractivity contribution in [3.8, 4) is 0 Å². The highest BCUT2D eigenvalue weighted by molar-refractivity contribution is 5.61. The third kappa shape index (κ3) is 1.80. The van der Waals surface area contributed by atoms with Gasteiger partial charge < -0.3 is 4.90 Å². The van der Waals surface area contributed by atoms with Crippen LogP contribution in [0.1, 0.15) is 36.9 Å². The Balaban J connectivity index is 1.96. The first-order chi connectivity index (χ1) is 8.77. The molecule has 0 radical (unpaired) electrons. The topological polar surface area (TPSA) is 3.24 Å². The van der Waals surface area contributed by atoms with E-state index < -0.39 is 0 Å². The van der Waals surface area contributed by atoms with E-state index in [4.69, 9.17) is 0 Å². The Morgan fingerprint density at radius 3 is 2.44 bits per heavy atom. The highest BCUT2D eigenvalue weighted by Crippen LogP contribution is 2.40. The van der Waals surface area contributed by atoms with Crippen molar-refractivity contribution in [3.63, 3.8) is 0 Å². The lowest BCUT2D eigenvalue weighted by molar-refractivity contribution is 0.659. The van der Waals surface area contributed by atoms with E-state index in [1.165, 1.54) is 16.8 Å². The van der Waals surface area contributed by atoms with E-state index in [1.807, 2.05) is 0 Å². The molecule has 0 N–H and O–H groups in total. The van der Waals surface area contributed by atoms with E-state index in [1.54, 1.807) is 0 Å². The first-order valence-corrected chi connectivity index (χ1v) is 6.68. The van der Waals surface area contributed by atoms with Gasteiger partial charge in [-0.2, -0.15) is 0 Å². The average molecular weight is 237 g/mol. The fraction of sp³-hybridized carbons (Fsp3) is 0.294. The molecule has 1 aliphatic heterocycles. The van der Waals surface area contributed by atoms with Crippen LogP contribution in [0.15, 0.2) is 54.6 Å². The number of hydrogen-bond donors (Lipinski definition) is 0. The average Bonchev–Trinajstić information content (AvgIpc) is 2.77. The summed E-state index contributed by atoms with van der Waals surface area (Å²) in [5.74, 6) is 0.632. The maximum absolute atomic E-state index is 2.52. The number of fused-ring (bicyclic) bond motifs is 1. The number of anilines is 1. The van der Waals surface area contributed by atoms with E-state index in [-0.39, 0.29) is 0 Å². The second-order valence-electron chi connectivity index (χ2n) is 5.20. The summed E-state index contributed by atoms with van der Waals surface area (Å²) in [5, 5.41) is 0. The summed E-state index contributed by atoms with van der Waals surface area (Å²) in [5.41, 5.74) is 4.28. The third-order valence-electron chi connectivity index (χ3n) is 4.00. The molecule has 2 aromatic rings. The molecule has 18 heavy (non-hydrogen) atoms. The molecular weight excluding hydrogens is 218 g/mol. The minimum absolute atomic E-state index is 0.442. The minimum atomic E-state index is 0.442. The first-order valence-electron chi connectivity index (χ1n) is 6.68. The van der Waals surface area contributed by atoms with E-state index >= 15 is 0 Å². The van der Waals surface area contributed by atoms with Gasteiger partial charge in [0.25, 0.3) is 0 Å². The molecule has 1 aliphatic rings. The van der Waals surface area contributed by atoms with Gasteiger partial charge in [-0.05, 0) is 24.1 Å². The SMILES string of the molecule is CC(c1ccccc1)N1C[C@H](C)c2ccccc21. The monoisotopic (exact) mass is 237 g/mol. The Hall–Kier alpha value is -1.76. The Morgan fingerprint density at radius 1 is 1.00 bits per heavy atom. The van der Waals surface area contributed by atoms with Gasteiger partial charge in [-0.1, -0.05) is 55.5 Å². The van der Waals surface area contributed by atoms with Crippen molar-refractivity contribution in [2.45, 2.75) is 25.8 Å². The van der Waals surface area contributed by atoms with Crippen molar-refractivity contribution in [2.75, 3.05) is 11.4 Å². The number of nitrogens with zero attached hydrogens (tertiary/aromatic N) is 1. The van der Waals surface area contributed by atoms with Crippen LogP contribution in [0.4, 0.5) is 5.69 Å². The summed E-state index contributed by atoms with van der Waals surface area (Å²) < 4.78 is 0. The molecule has 1 unspecified atom stereocenters. The second-order valence-corrected chi connectivity index (χ2v) is 5.20. The second kappa shape index (κ2) is 4.49. The maximum Gasteiger partial charge on any atom is 0.0514 e. The Labute approximate surface area is 109 Å². The third-order valence-corrected chi connectivity index (χ3v) is 4.00. The van der Waals surface area contributed by atoms with Crippen molar-refractivity contribution in [3.05, 3.63) is 65.7 Å². The van der Waals surface area contributed by atoms with Gasteiger partial charge in [0.05, 0.1) is 6.04 Å². The minimum Gasteiger partial charge on any atom is -0.364 e. The molecule has 2 atom stereocenters. The molecule has 3 rings (SSSR count). The van der Waals surface area contributed by atoms with Crippen molar-refractivity contribution in [1.29, 1.82) is 0 Å². The molecule has 1 heteroatoms. The van der Waals surface area contributed by atoms with Crippen LogP contribution in [0, 0.1) is 0 Å². The number of rotatable bonds is 2. The van der Waals surface area contributed by atoms with Gasteiger partial charge in [-0.15, -0.1) is 0 Å². The van der Waals surface area contributed by atoms with Crippen LogP contribution in [-0.4, -0.2) is 6.54 Å². The smallest absolute Gasteiger partial charge is 0.0514 e. The lowest BCUT2D eigenvalue weighted by atomic mass is 10.0. The summed E-state index contributed by atoms with van der Waals surface area (Å²) in [6, 6.07) is 20.0. The lowest BCUT2D eigenvalue weighted by Crippen LogP contribution is -2.25. The molecule has 1 nitrogen and oxygen atoms in total. The van der Waals surface area contributed by atoms with Crippen LogP contribution in [-0.2, 0) is 0 Å². The zero-order chi connectivity index (χ0) is 12.5. The summed E-state index contributed by atoms with van der Waals surface area (Å²) in [6.07, 6.45) is 0. The van der Waals surface area contributed by atoms with Crippen molar-refractivity contribution < 1.29 is 0 Å². The van der Waals surface area contributed by atoms with Gasteiger partial charge in [-0.3, -0.25) is 0 Å². The molecule has 0 spiro atoms. The van der Waals surface area contributed by atoms with Crippen LogP contribution in [0.5, 0.6) is 0 Å². The van der Waals surface area contributed by atoms with Gasteiger partial charge in [0.1, 0.15) is 0 Å². The Kier molecular flexibility index (Phi) is 2.83. The van der Waals surface area contributed by atoms with Gasteiger partial charge in [0.15, 0.2) is 0 Å². The van der Waals surface area contributed by atoms with Crippen molar-refractivity contribution in [2.24, 2.45) is 0 Å². The van der Waals surface area contributed by atoms with Crippen LogP contribution in [0.3, 0.4) is 0 Å². The molecule has 0 saturated heterocycles. The predicted molar refractivity (Wildman–Crippen MR) is 77.1 cm³/mol. The van der Waals surface area contributed by atoms with Gasteiger partial charge in [0.2, 0.25) is 0 Å². The fourth-order valence-electron chi connectivity index (χ4n) is 2.94. The van der Waals surface area contributed by atoms with E-state index in [0.29, 0.717) is 12.0 Å². The molecule has 0 fully saturated rings. The van der Waals surface area contributed by atoms with E-state index in [0.717, 1.165) is 6.54 Å². The molecule has 0 aromatic heterocycles. The molecule has 0 aliphatic carbocycles. The van der Waals surface area contributed by atoms with Crippen LogP contribution < -0.4 is 4.90 Å². The normalized spacial score (nSPS) is 19.7. The summed E-state index contributed by atoms with van der Waals surface area (Å²) in [6.45, 7) is 5.73. The maximum atomic E-state index is 2.52. The molecule has 2 aromatic carbocycles. The van der Waals surface area contributed by atoms with Crippen molar-refractivity contribution in [1.82, 2.24) is 0 Å². The quantitative estimate of drug-likeness (QED) is 0.749. The van der Waals surface area contributed by atoms with Gasteiger partial charge in [-0.25, -0.2) is 0 Å². The summed E-state index contributed by atoms with van der Waals surface area (Å²) in [4.78, 5) is 2.52. The van der Waals surface area contributed by atoms with Gasteiger partial charge in [0, 0.05) is 18.2 Å². The molecule has 0 saturated carbocycles. The Bertz CT molecular complexity index is 532. The highest BCUT2D eigenvalue weighted by Gasteiger charge is 2.28. The fourth-order valence-corrected chi connectivity index (χ4v) is 2.94. The zero-order valence-corrected chi connectivity index (χ0v) is 11.0. The molecule has 0 bridgehead atoms. The number of benzene rings is 2. The molecule has 0 amide bonds. The lowest BCUT2D eigenvalue weighted by Gasteiger charge is -2.28. The standard InChI is InChI=1S/C17H19N/c1-13-12-18(17-11-7-6-10-16(13)17)14(2)15-8-4-3-5-9-15/h3-11,13-14H,12H2,1-2H3/t13-,14?/m0/s1. The van der Waals surface area contributed by atoms with E-state index in [9.17, 15) is 0 Å². The number of para-hydroxylation sites is 1. The van der Waals surface area contributed by atoms with Crippen LogP contribution in [0.2, 0.25) is 0 Å². The summed E-state index contributed by atoms with van der Waals surface area (Å²) in [7, 11) is 0. The molecular formula is C17H19N. The van der Waals surface area contributed by atoms with Crippen LogP contribution in [0.25, 0.3) is 0 Å². The summed E-state index contributed by atoms with van der Waals surface area (Å²) >= 11 is 0. The Morgan fingerprint density at radius 2 is 1.67 bits per heavy atom. The number of hydrogen-bond acceptors (Lipinski definition) is 1. The van der Waals surface area contributed by atoms with E-state index in [2.05, 4.69) is 73.3 Å².